The number of anilines is 1. The lowest BCUT2D eigenvalue weighted by Gasteiger charge is -2.17. The lowest BCUT2D eigenvalue weighted by atomic mass is 10.2. The summed E-state index contributed by atoms with van der Waals surface area (Å²) in [5.41, 5.74) is 0.710. The number of urea groups is 1. The van der Waals surface area contributed by atoms with Crippen molar-refractivity contribution in [2.45, 2.75) is 32.4 Å². The summed E-state index contributed by atoms with van der Waals surface area (Å²) >= 11 is 1.60. The lowest BCUT2D eigenvalue weighted by molar-refractivity contribution is 0.0680. The Morgan fingerprint density at radius 3 is 3.12 bits per heavy atom. The molecule has 0 bridgehead atoms. The molecule has 0 saturated carbocycles. The van der Waals surface area contributed by atoms with Crippen LogP contribution in [0.2, 0.25) is 0 Å². The summed E-state index contributed by atoms with van der Waals surface area (Å²) in [6.07, 6.45) is 4.12. The Kier molecular flexibility index (Phi) is 5.88. The molecule has 6 nitrogen and oxygen atoms in total. The minimum atomic E-state index is -0.165. The number of nitrogens with one attached hydrogen (secondary N) is 1. The van der Waals surface area contributed by atoms with E-state index in [1.807, 2.05) is 37.4 Å². The van der Waals surface area contributed by atoms with Gasteiger partial charge in [0.15, 0.2) is 0 Å². The predicted molar refractivity (Wildman–Crippen MR) is 98.2 cm³/mol. The quantitative estimate of drug-likeness (QED) is 0.853. The number of hydrogen-bond donors (Lipinski definition) is 1. The van der Waals surface area contributed by atoms with E-state index in [2.05, 4.69) is 10.3 Å². The Bertz CT molecular complexity index is 713. The van der Waals surface area contributed by atoms with E-state index in [1.54, 1.807) is 23.3 Å². The molecule has 1 N–H and O–H groups in total. The third kappa shape index (κ3) is 5.17. The zero-order chi connectivity index (χ0) is 17.6. The standard InChI is InChI=1S/C18H23N3O3S/c1-13-19-10-17(25-13)11-21(2)18(22)20-14-5-3-6-15(9-14)24-12-16-7-4-8-23-16/h3,5-6,9-10,16H,4,7-8,11-12H2,1-2H3,(H,20,22)/t16-/m1/s1. The molecule has 2 aromatic rings. The monoisotopic (exact) mass is 361 g/mol. The van der Waals surface area contributed by atoms with Crippen molar-refractivity contribution in [1.29, 1.82) is 0 Å². The molecule has 1 fully saturated rings. The summed E-state index contributed by atoms with van der Waals surface area (Å²) in [6.45, 7) is 3.85. The van der Waals surface area contributed by atoms with Crippen LogP contribution in [-0.2, 0) is 11.3 Å². The number of benzene rings is 1. The Labute approximate surface area is 151 Å². The van der Waals surface area contributed by atoms with Gasteiger partial charge >= 0.3 is 6.03 Å². The van der Waals surface area contributed by atoms with Gasteiger partial charge in [-0.05, 0) is 31.9 Å². The van der Waals surface area contributed by atoms with Crippen LogP contribution in [0.4, 0.5) is 10.5 Å². The van der Waals surface area contributed by atoms with Crippen molar-refractivity contribution >= 4 is 23.1 Å². The number of nitrogens with zero attached hydrogens (tertiary/aromatic N) is 2. The van der Waals surface area contributed by atoms with Crippen LogP contribution in [0, 0.1) is 6.92 Å². The maximum Gasteiger partial charge on any atom is 0.321 e. The molecule has 25 heavy (non-hydrogen) atoms. The van der Waals surface area contributed by atoms with E-state index in [0.717, 1.165) is 35.1 Å². The van der Waals surface area contributed by atoms with Gasteiger partial charge in [-0.25, -0.2) is 9.78 Å². The highest BCUT2D eigenvalue weighted by molar-refractivity contribution is 7.11. The van der Waals surface area contributed by atoms with Crippen LogP contribution in [-0.4, -0.2) is 42.3 Å². The van der Waals surface area contributed by atoms with Gasteiger partial charge in [-0.1, -0.05) is 6.07 Å². The number of carbonyl (C=O) groups excluding carboxylic acids is 1. The molecule has 1 aromatic heterocycles. The molecule has 0 spiro atoms. The number of aryl methyl sites for hydroxylation is 1. The molecule has 1 aromatic carbocycles. The molecule has 134 valence electrons. The van der Waals surface area contributed by atoms with Crippen LogP contribution in [0.1, 0.15) is 22.7 Å². The van der Waals surface area contributed by atoms with Crippen LogP contribution >= 0.6 is 11.3 Å². The molecule has 3 rings (SSSR count). The van der Waals surface area contributed by atoms with E-state index in [-0.39, 0.29) is 12.1 Å². The number of rotatable bonds is 6. The molecule has 1 atom stereocenters. The van der Waals surface area contributed by atoms with Crippen molar-refractivity contribution in [3.05, 3.63) is 40.3 Å². The SMILES string of the molecule is Cc1ncc(CN(C)C(=O)Nc2cccc(OC[C@H]3CCCO3)c2)s1. The fraction of sp³-hybridized carbons (Fsp3) is 0.444. The fourth-order valence-electron chi connectivity index (χ4n) is 2.63. The van der Waals surface area contributed by atoms with E-state index in [9.17, 15) is 4.79 Å². The second-order valence-corrected chi connectivity index (χ2v) is 7.42. The summed E-state index contributed by atoms with van der Waals surface area (Å²) in [5.74, 6) is 0.731. The first-order valence-corrected chi connectivity index (χ1v) is 9.19. The second-order valence-electron chi connectivity index (χ2n) is 6.11. The van der Waals surface area contributed by atoms with E-state index in [0.29, 0.717) is 18.8 Å². The zero-order valence-electron chi connectivity index (χ0n) is 14.5. The normalized spacial score (nSPS) is 16.6. The molecule has 2 amide bonds. The molecule has 0 radical (unpaired) electrons. The van der Waals surface area contributed by atoms with Crippen molar-refractivity contribution < 1.29 is 14.3 Å². The lowest BCUT2D eigenvalue weighted by Crippen LogP contribution is -2.30. The molecular formula is C18H23N3O3S. The van der Waals surface area contributed by atoms with E-state index >= 15 is 0 Å². The van der Waals surface area contributed by atoms with Gasteiger partial charge in [-0.2, -0.15) is 0 Å². The molecule has 0 aliphatic carbocycles. The number of ether oxygens (including phenoxy) is 2. The van der Waals surface area contributed by atoms with Gasteiger partial charge in [0.2, 0.25) is 0 Å². The first kappa shape index (κ1) is 17.7. The fourth-order valence-corrected chi connectivity index (χ4v) is 3.48. The van der Waals surface area contributed by atoms with Crippen molar-refractivity contribution in [2.24, 2.45) is 0 Å². The van der Waals surface area contributed by atoms with Crippen LogP contribution < -0.4 is 10.1 Å². The zero-order valence-corrected chi connectivity index (χ0v) is 15.3. The van der Waals surface area contributed by atoms with E-state index < -0.39 is 0 Å². The molecular weight excluding hydrogens is 338 g/mol. The van der Waals surface area contributed by atoms with Crippen LogP contribution in [0.5, 0.6) is 5.75 Å². The van der Waals surface area contributed by atoms with Gasteiger partial charge in [0.25, 0.3) is 0 Å². The number of carbonyl (C=O) groups is 1. The number of hydrogen-bond acceptors (Lipinski definition) is 5. The first-order chi connectivity index (χ1) is 12.1. The van der Waals surface area contributed by atoms with Crippen molar-refractivity contribution in [3.63, 3.8) is 0 Å². The van der Waals surface area contributed by atoms with Gasteiger partial charge in [0.05, 0.1) is 17.7 Å². The van der Waals surface area contributed by atoms with E-state index in [4.69, 9.17) is 9.47 Å². The summed E-state index contributed by atoms with van der Waals surface area (Å²) in [4.78, 5) is 19.2. The molecule has 2 heterocycles. The van der Waals surface area contributed by atoms with Gasteiger partial charge in [-0.15, -0.1) is 11.3 Å². The van der Waals surface area contributed by atoms with Gasteiger partial charge in [0, 0.05) is 36.5 Å². The van der Waals surface area contributed by atoms with Crippen LogP contribution in [0.25, 0.3) is 0 Å². The molecule has 1 saturated heterocycles. The maximum atomic E-state index is 12.3. The molecule has 7 heteroatoms. The third-order valence-corrected chi connectivity index (χ3v) is 4.85. The third-order valence-electron chi connectivity index (χ3n) is 3.95. The highest BCUT2D eigenvalue weighted by Crippen LogP contribution is 2.20. The Hall–Kier alpha value is -2.12. The minimum absolute atomic E-state index is 0.165. The molecule has 1 aliphatic heterocycles. The second kappa shape index (κ2) is 8.31. The average Bonchev–Trinajstić information content (AvgIpc) is 3.25. The summed E-state index contributed by atoms with van der Waals surface area (Å²) in [7, 11) is 1.77. The van der Waals surface area contributed by atoms with Gasteiger partial charge in [0.1, 0.15) is 12.4 Å². The Balaban J connectivity index is 1.52. The molecule has 1 aliphatic rings. The van der Waals surface area contributed by atoms with Crippen molar-refractivity contribution in [3.8, 4) is 5.75 Å². The number of amides is 2. The molecule has 0 unspecified atom stereocenters. The topological polar surface area (TPSA) is 63.7 Å². The van der Waals surface area contributed by atoms with Gasteiger partial charge in [-0.3, -0.25) is 0 Å². The number of thiazole rings is 1. The maximum absolute atomic E-state index is 12.3. The van der Waals surface area contributed by atoms with Gasteiger partial charge < -0.3 is 19.7 Å². The van der Waals surface area contributed by atoms with Crippen LogP contribution in [0.15, 0.2) is 30.5 Å². The Morgan fingerprint density at radius 1 is 1.52 bits per heavy atom. The highest BCUT2D eigenvalue weighted by atomic mass is 32.1. The van der Waals surface area contributed by atoms with Crippen LogP contribution in [0.3, 0.4) is 0 Å². The van der Waals surface area contributed by atoms with Crippen molar-refractivity contribution in [2.75, 3.05) is 25.6 Å². The van der Waals surface area contributed by atoms with E-state index in [1.165, 1.54) is 0 Å². The Morgan fingerprint density at radius 2 is 2.40 bits per heavy atom. The summed E-state index contributed by atoms with van der Waals surface area (Å²) < 4.78 is 11.3. The predicted octanol–water partition coefficient (Wildman–Crippen LogP) is 3.67. The smallest absolute Gasteiger partial charge is 0.321 e. The minimum Gasteiger partial charge on any atom is -0.491 e. The number of aromatic nitrogens is 1. The largest absolute Gasteiger partial charge is 0.491 e. The average molecular weight is 361 g/mol. The summed E-state index contributed by atoms with van der Waals surface area (Å²) in [6, 6.07) is 7.27. The highest BCUT2D eigenvalue weighted by Gasteiger charge is 2.16. The van der Waals surface area contributed by atoms with Crippen molar-refractivity contribution in [1.82, 2.24) is 9.88 Å². The summed E-state index contributed by atoms with van der Waals surface area (Å²) in [5, 5.41) is 3.90. The first-order valence-electron chi connectivity index (χ1n) is 8.38.